The van der Waals surface area contributed by atoms with Gasteiger partial charge in [0.25, 0.3) is 0 Å². The lowest BCUT2D eigenvalue weighted by atomic mass is 9.87. The largest absolute Gasteiger partial charge is 0.427 e. The fraction of sp³-hybridized carbons (Fsp3) is 0.500. The van der Waals surface area contributed by atoms with Crippen LogP contribution in [0.15, 0.2) is 18.2 Å². The third-order valence-corrected chi connectivity index (χ3v) is 2.60. The normalized spacial score (nSPS) is 11.4. The van der Waals surface area contributed by atoms with Crippen molar-refractivity contribution >= 4 is 13.4 Å². The molecule has 1 rings (SSSR count). The van der Waals surface area contributed by atoms with E-state index in [-0.39, 0.29) is 16.8 Å². The lowest BCUT2D eigenvalue weighted by Gasteiger charge is -2.17. The highest BCUT2D eigenvalue weighted by molar-refractivity contribution is 6.23. The van der Waals surface area contributed by atoms with Crippen molar-refractivity contribution in [1.82, 2.24) is 5.23 Å². The van der Waals surface area contributed by atoms with Gasteiger partial charge in [-0.2, -0.15) is 0 Å². The first kappa shape index (κ1) is 15.9. The van der Waals surface area contributed by atoms with Crippen LogP contribution in [0.25, 0.3) is 0 Å². The molecule has 5 heteroatoms. The molecule has 0 aliphatic heterocycles. The van der Waals surface area contributed by atoms with Crippen molar-refractivity contribution in [3.8, 4) is 0 Å². The van der Waals surface area contributed by atoms with E-state index in [1.54, 1.807) is 19.2 Å². The summed E-state index contributed by atoms with van der Waals surface area (Å²) < 4.78 is 18.8. The van der Waals surface area contributed by atoms with E-state index in [1.165, 1.54) is 6.07 Å². The van der Waals surface area contributed by atoms with Gasteiger partial charge in [0.2, 0.25) is 0 Å². The average molecular weight is 265 g/mol. The van der Waals surface area contributed by atoms with Crippen molar-refractivity contribution in [2.45, 2.75) is 33.7 Å². The quantitative estimate of drug-likeness (QED) is 0.487. The highest BCUT2D eigenvalue weighted by Crippen LogP contribution is 2.23. The van der Waals surface area contributed by atoms with Crippen molar-refractivity contribution in [2.24, 2.45) is 5.41 Å². The van der Waals surface area contributed by atoms with Crippen LogP contribution in [0.4, 0.5) is 4.39 Å². The zero-order valence-corrected chi connectivity index (χ0v) is 12.0. The Hall–Kier alpha value is -1.20. The van der Waals surface area contributed by atoms with Crippen molar-refractivity contribution < 1.29 is 13.8 Å². The molecule has 1 aromatic rings. The number of hydrogen-bond acceptors (Lipinski definition) is 3. The SMILES string of the molecule is COBNCc1ccc(C(=O)CC(C)(C)C)c(F)c1. The van der Waals surface area contributed by atoms with Gasteiger partial charge in [-0.1, -0.05) is 26.8 Å². The van der Waals surface area contributed by atoms with Crippen LogP contribution < -0.4 is 5.23 Å². The van der Waals surface area contributed by atoms with Gasteiger partial charge in [-0.05, 0) is 23.1 Å². The van der Waals surface area contributed by atoms with Gasteiger partial charge in [-0.3, -0.25) is 4.79 Å². The maximum Gasteiger partial charge on any atom is 0.360 e. The van der Waals surface area contributed by atoms with E-state index < -0.39 is 5.82 Å². The van der Waals surface area contributed by atoms with Gasteiger partial charge in [0.15, 0.2) is 5.78 Å². The standard InChI is InChI=1S/C14H21BFNO2/c1-14(2,3)8-13(18)11-6-5-10(7-12(11)16)9-17-15-19-4/h5-7,15,17H,8-9H2,1-4H3. The molecular weight excluding hydrogens is 244 g/mol. The molecule has 104 valence electrons. The zero-order chi connectivity index (χ0) is 14.5. The Kier molecular flexibility index (Phi) is 5.70. The third-order valence-electron chi connectivity index (χ3n) is 2.60. The van der Waals surface area contributed by atoms with Crippen LogP contribution in [-0.4, -0.2) is 20.5 Å². The summed E-state index contributed by atoms with van der Waals surface area (Å²) in [5, 5.41) is 2.99. The molecule has 0 saturated heterocycles. The van der Waals surface area contributed by atoms with E-state index in [4.69, 9.17) is 4.65 Å². The maximum absolute atomic E-state index is 13.9. The van der Waals surface area contributed by atoms with Crippen LogP contribution in [0.5, 0.6) is 0 Å². The highest BCUT2D eigenvalue weighted by Gasteiger charge is 2.19. The Morgan fingerprint density at radius 2 is 2.11 bits per heavy atom. The molecule has 0 aliphatic rings. The lowest BCUT2D eigenvalue weighted by molar-refractivity contribution is 0.0936. The first-order valence-electron chi connectivity index (χ1n) is 6.35. The van der Waals surface area contributed by atoms with Gasteiger partial charge < -0.3 is 9.88 Å². The Bertz CT molecular complexity index is 444. The molecule has 0 radical (unpaired) electrons. The van der Waals surface area contributed by atoms with Gasteiger partial charge >= 0.3 is 7.62 Å². The highest BCUT2D eigenvalue weighted by atomic mass is 19.1. The summed E-state index contributed by atoms with van der Waals surface area (Å²) in [6.45, 7) is 6.40. The van der Waals surface area contributed by atoms with Gasteiger partial charge in [0, 0.05) is 20.1 Å². The summed E-state index contributed by atoms with van der Waals surface area (Å²) in [6.07, 6.45) is 0.338. The summed E-state index contributed by atoms with van der Waals surface area (Å²) in [4.78, 5) is 12.0. The molecule has 0 amide bonds. The first-order valence-corrected chi connectivity index (χ1v) is 6.35. The molecule has 0 unspecified atom stereocenters. The number of Topliss-reactive ketones (excluding diaryl/α,β-unsaturated/α-hetero) is 1. The second kappa shape index (κ2) is 6.82. The molecule has 1 N–H and O–H groups in total. The molecule has 0 saturated carbocycles. The smallest absolute Gasteiger partial charge is 0.360 e. The summed E-state index contributed by atoms with van der Waals surface area (Å²) >= 11 is 0. The molecular formula is C14H21BFNO2. The topological polar surface area (TPSA) is 38.3 Å². The van der Waals surface area contributed by atoms with Gasteiger partial charge in [-0.15, -0.1) is 0 Å². The second-order valence-electron chi connectivity index (χ2n) is 5.83. The number of nitrogens with one attached hydrogen (secondary N) is 1. The van der Waals surface area contributed by atoms with E-state index in [0.29, 0.717) is 20.6 Å². The van der Waals surface area contributed by atoms with Gasteiger partial charge in [0.05, 0.1) is 5.56 Å². The summed E-state index contributed by atoms with van der Waals surface area (Å²) in [5.74, 6) is -0.604. The van der Waals surface area contributed by atoms with Crippen LogP contribution in [0.2, 0.25) is 0 Å². The van der Waals surface area contributed by atoms with Gasteiger partial charge in [0.1, 0.15) is 5.82 Å². The van der Waals surface area contributed by atoms with Crippen molar-refractivity contribution in [2.75, 3.05) is 7.11 Å². The fourth-order valence-electron chi connectivity index (χ4n) is 1.77. The molecule has 0 bridgehead atoms. The Morgan fingerprint density at radius 1 is 1.42 bits per heavy atom. The van der Waals surface area contributed by atoms with Crippen LogP contribution in [0.3, 0.4) is 0 Å². The molecule has 1 aromatic carbocycles. The molecule has 0 atom stereocenters. The van der Waals surface area contributed by atoms with E-state index in [2.05, 4.69) is 5.23 Å². The molecule has 0 spiro atoms. The molecule has 19 heavy (non-hydrogen) atoms. The van der Waals surface area contributed by atoms with Crippen molar-refractivity contribution in [1.29, 1.82) is 0 Å². The van der Waals surface area contributed by atoms with Crippen molar-refractivity contribution in [3.63, 3.8) is 0 Å². The third kappa shape index (κ3) is 5.53. The maximum atomic E-state index is 13.9. The monoisotopic (exact) mass is 265 g/mol. The summed E-state index contributed by atoms with van der Waals surface area (Å²) in [6, 6.07) is 4.73. The number of carbonyl (C=O) groups is 1. The predicted molar refractivity (Wildman–Crippen MR) is 75.8 cm³/mol. The number of hydrogen-bond donors (Lipinski definition) is 1. The second-order valence-corrected chi connectivity index (χ2v) is 5.83. The minimum atomic E-state index is -0.453. The minimum absolute atomic E-state index is 0.137. The molecule has 3 nitrogen and oxygen atoms in total. The first-order chi connectivity index (χ1) is 8.83. The van der Waals surface area contributed by atoms with E-state index in [0.717, 1.165) is 5.56 Å². The number of halogens is 1. The number of carbonyl (C=O) groups excluding carboxylic acids is 1. The number of rotatable bonds is 6. The Balaban J connectivity index is 2.74. The minimum Gasteiger partial charge on any atom is -0.427 e. The zero-order valence-electron chi connectivity index (χ0n) is 12.0. The van der Waals surface area contributed by atoms with Crippen LogP contribution >= 0.6 is 0 Å². The molecule has 0 fully saturated rings. The van der Waals surface area contributed by atoms with Crippen LogP contribution in [0.1, 0.15) is 43.1 Å². The average Bonchev–Trinajstić information content (AvgIpc) is 2.27. The van der Waals surface area contributed by atoms with Crippen LogP contribution in [0, 0.1) is 11.2 Å². The van der Waals surface area contributed by atoms with Gasteiger partial charge in [-0.25, -0.2) is 4.39 Å². The van der Waals surface area contributed by atoms with Crippen LogP contribution in [-0.2, 0) is 11.2 Å². The summed E-state index contributed by atoms with van der Waals surface area (Å²) in [7, 11) is 1.99. The van der Waals surface area contributed by atoms with E-state index in [9.17, 15) is 9.18 Å². The molecule has 0 aromatic heterocycles. The summed E-state index contributed by atoms with van der Waals surface area (Å²) in [5.41, 5.74) is 0.828. The molecule has 0 aliphatic carbocycles. The number of benzene rings is 1. The number of ketones is 1. The lowest BCUT2D eigenvalue weighted by Crippen LogP contribution is -2.20. The van der Waals surface area contributed by atoms with Crippen molar-refractivity contribution in [3.05, 3.63) is 35.1 Å². The van der Waals surface area contributed by atoms with E-state index >= 15 is 0 Å². The van der Waals surface area contributed by atoms with E-state index in [1.807, 2.05) is 20.8 Å². The Morgan fingerprint density at radius 3 is 2.63 bits per heavy atom. The predicted octanol–water partition coefficient (Wildman–Crippen LogP) is 2.45. The fourth-order valence-corrected chi connectivity index (χ4v) is 1.77. The Labute approximate surface area is 114 Å². The molecule has 0 heterocycles.